The van der Waals surface area contributed by atoms with E-state index in [1.807, 2.05) is 62.4 Å². The molecule has 4 heteroatoms. The number of benzene rings is 2. The summed E-state index contributed by atoms with van der Waals surface area (Å²) in [5.74, 6) is 0.640. The Balaban J connectivity index is 2.49. The van der Waals surface area contributed by atoms with Crippen LogP contribution in [0.4, 0.5) is 0 Å². The number of carbonyl (C=O) groups excluding carboxylic acids is 1. The average Bonchev–Trinajstić information content (AvgIpc) is 2.66. The highest BCUT2D eigenvalue weighted by Crippen LogP contribution is 2.31. The Hall–Kier alpha value is -3.01. The van der Waals surface area contributed by atoms with Crippen LogP contribution in [-0.2, 0) is 4.74 Å². The Kier molecular flexibility index (Phi) is 7.68. The molecule has 0 heterocycles. The molecule has 0 aliphatic carbocycles. The highest BCUT2D eigenvalue weighted by Gasteiger charge is 2.19. The molecule has 4 nitrogen and oxygen atoms in total. The Morgan fingerprint density at radius 3 is 2.44 bits per heavy atom. The second-order valence-electron chi connectivity index (χ2n) is 6.15. The molecule has 0 bridgehead atoms. The third-order valence-electron chi connectivity index (χ3n) is 3.81. The molecular weight excluding hydrogens is 340 g/mol. The lowest BCUT2D eigenvalue weighted by atomic mass is 10.0. The molecule has 0 fully saturated rings. The van der Waals surface area contributed by atoms with Crippen molar-refractivity contribution in [2.75, 3.05) is 20.3 Å². The molecule has 2 rings (SSSR count). The van der Waals surface area contributed by atoms with Crippen molar-refractivity contribution >= 4 is 18.1 Å². The molecule has 0 aliphatic heterocycles. The molecule has 2 aromatic rings. The van der Waals surface area contributed by atoms with Gasteiger partial charge in [0.1, 0.15) is 23.7 Å². The second kappa shape index (κ2) is 10.2. The number of rotatable bonds is 8. The predicted molar refractivity (Wildman–Crippen MR) is 109 cm³/mol. The first kappa shape index (κ1) is 20.3. The van der Waals surface area contributed by atoms with Gasteiger partial charge in [0.25, 0.3) is 0 Å². The zero-order valence-electron chi connectivity index (χ0n) is 16.3. The summed E-state index contributed by atoms with van der Waals surface area (Å²) in [6.45, 7) is 6.43. The number of esters is 1. The summed E-state index contributed by atoms with van der Waals surface area (Å²) in [4.78, 5) is 12.6. The van der Waals surface area contributed by atoms with Gasteiger partial charge in [-0.1, -0.05) is 48.1 Å². The number of hydrogen-bond donors (Lipinski definition) is 0. The van der Waals surface area contributed by atoms with Crippen LogP contribution < -0.4 is 9.47 Å². The van der Waals surface area contributed by atoms with Gasteiger partial charge in [0.2, 0.25) is 0 Å². The average molecular weight is 366 g/mol. The fourth-order valence-corrected chi connectivity index (χ4v) is 2.44. The quantitative estimate of drug-likeness (QED) is 0.357. The van der Waals surface area contributed by atoms with E-state index in [1.54, 1.807) is 26.2 Å². The number of methoxy groups -OCH3 is 1. The van der Waals surface area contributed by atoms with Crippen LogP contribution in [-0.4, -0.2) is 26.3 Å². The van der Waals surface area contributed by atoms with E-state index in [2.05, 4.69) is 0 Å². The van der Waals surface area contributed by atoms with E-state index in [4.69, 9.17) is 14.2 Å². The molecule has 0 N–H and O–H groups in total. The lowest BCUT2D eigenvalue weighted by Gasteiger charge is -2.14. The van der Waals surface area contributed by atoms with Crippen LogP contribution in [0.2, 0.25) is 0 Å². The van der Waals surface area contributed by atoms with Gasteiger partial charge in [-0.25, -0.2) is 4.79 Å². The van der Waals surface area contributed by atoms with Crippen LogP contribution >= 0.6 is 0 Å². The summed E-state index contributed by atoms with van der Waals surface area (Å²) in [5.41, 5.74) is 3.25. The Labute approximate surface area is 161 Å². The van der Waals surface area contributed by atoms with Gasteiger partial charge in [-0.2, -0.15) is 0 Å². The van der Waals surface area contributed by atoms with Crippen molar-refractivity contribution in [2.24, 2.45) is 0 Å². The van der Waals surface area contributed by atoms with Gasteiger partial charge >= 0.3 is 5.97 Å². The van der Waals surface area contributed by atoms with E-state index in [-0.39, 0.29) is 0 Å². The minimum Gasteiger partial charge on any atom is -0.497 e. The Morgan fingerprint density at radius 1 is 1.07 bits per heavy atom. The predicted octanol–water partition coefficient (Wildman–Crippen LogP) is 5.39. The molecule has 0 spiro atoms. The Bertz CT molecular complexity index is 816. The van der Waals surface area contributed by atoms with Crippen molar-refractivity contribution in [3.05, 3.63) is 70.8 Å². The summed E-state index contributed by atoms with van der Waals surface area (Å²) < 4.78 is 16.5. The van der Waals surface area contributed by atoms with Gasteiger partial charge in [-0.3, -0.25) is 0 Å². The van der Waals surface area contributed by atoms with Crippen molar-refractivity contribution in [3.63, 3.8) is 0 Å². The first-order valence-electron chi connectivity index (χ1n) is 8.93. The topological polar surface area (TPSA) is 44.8 Å². The molecule has 142 valence electrons. The zero-order valence-corrected chi connectivity index (χ0v) is 16.3. The summed E-state index contributed by atoms with van der Waals surface area (Å²) in [6, 6.07) is 13.4. The smallest absolute Gasteiger partial charge is 0.342 e. The van der Waals surface area contributed by atoms with Gasteiger partial charge in [-0.05, 0) is 44.0 Å². The maximum Gasteiger partial charge on any atom is 0.342 e. The molecule has 0 atom stereocenters. The molecule has 0 unspecified atom stereocenters. The molecule has 0 saturated heterocycles. The monoisotopic (exact) mass is 366 g/mol. The van der Waals surface area contributed by atoms with E-state index in [0.29, 0.717) is 35.8 Å². The molecule has 0 aromatic heterocycles. The number of hydrogen-bond acceptors (Lipinski definition) is 4. The SMILES string of the molecule is CCOC(=O)c1c(C=Cc2ccccc2)cc(OC)cc1OCC=C(C)C. The minimum absolute atomic E-state index is 0.292. The molecule has 2 aromatic carbocycles. The van der Waals surface area contributed by atoms with Crippen LogP contribution in [0, 0.1) is 0 Å². The fraction of sp³-hybridized carbons (Fsp3) is 0.261. The third kappa shape index (κ3) is 6.03. The lowest BCUT2D eigenvalue weighted by Crippen LogP contribution is -2.10. The maximum absolute atomic E-state index is 12.6. The number of carbonyl (C=O) groups is 1. The van der Waals surface area contributed by atoms with Gasteiger partial charge in [0.05, 0.1) is 13.7 Å². The molecule has 0 aliphatic rings. The summed E-state index contributed by atoms with van der Waals surface area (Å²) >= 11 is 0. The summed E-state index contributed by atoms with van der Waals surface area (Å²) in [6.07, 6.45) is 5.77. The number of allylic oxidation sites excluding steroid dienone is 1. The van der Waals surface area contributed by atoms with Crippen molar-refractivity contribution in [2.45, 2.75) is 20.8 Å². The lowest BCUT2D eigenvalue weighted by molar-refractivity contribution is 0.0522. The third-order valence-corrected chi connectivity index (χ3v) is 3.81. The summed E-state index contributed by atoms with van der Waals surface area (Å²) in [7, 11) is 1.59. The second-order valence-corrected chi connectivity index (χ2v) is 6.15. The van der Waals surface area contributed by atoms with Crippen molar-refractivity contribution in [1.82, 2.24) is 0 Å². The number of ether oxygens (including phenoxy) is 3. The van der Waals surface area contributed by atoms with Crippen LogP contribution in [0.5, 0.6) is 11.5 Å². The first-order valence-corrected chi connectivity index (χ1v) is 8.93. The van der Waals surface area contributed by atoms with Crippen LogP contribution in [0.15, 0.2) is 54.1 Å². The minimum atomic E-state index is -0.417. The van der Waals surface area contributed by atoms with Crippen LogP contribution in [0.3, 0.4) is 0 Å². The molecule has 0 radical (unpaired) electrons. The van der Waals surface area contributed by atoms with Crippen molar-refractivity contribution in [3.8, 4) is 11.5 Å². The van der Waals surface area contributed by atoms with Crippen LogP contribution in [0.25, 0.3) is 12.2 Å². The van der Waals surface area contributed by atoms with Crippen molar-refractivity contribution in [1.29, 1.82) is 0 Å². The van der Waals surface area contributed by atoms with E-state index in [0.717, 1.165) is 11.1 Å². The van der Waals surface area contributed by atoms with Crippen LogP contribution in [0.1, 0.15) is 42.3 Å². The summed E-state index contributed by atoms with van der Waals surface area (Å²) in [5, 5.41) is 0. The van der Waals surface area contributed by atoms with E-state index in [9.17, 15) is 4.79 Å². The standard InChI is InChI=1S/C23H26O4/c1-5-26-23(24)22-19(12-11-18-9-7-6-8-10-18)15-20(25-4)16-21(22)27-14-13-17(2)3/h6-13,15-16H,5,14H2,1-4H3. The Morgan fingerprint density at radius 2 is 1.81 bits per heavy atom. The highest BCUT2D eigenvalue weighted by molar-refractivity contribution is 5.98. The van der Waals surface area contributed by atoms with E-state index in [1.165, 1.54) is 0 Å². The molecular formula is C23H26O4. The van der Waals surface area contributed by atoms with Gasteiger partial charge in [0.15, 0.2) is 0 Å². The van der Waals surface area contributed by atoms with Gasteiger partial charge < -0.3 is 14.2 Å². The van der Waals surface area contributed by atoms with E-state index >= 15 is 0 Å². The molecule has 0 saturated carbocycles. The van der Waals surface area contributed by atoms with E-state index < -0.39 is 5.97 Å². The molecule has 27 heavy (non-hydrogen) atoms. The maximum atomic E-state index is 12.6. The largest absolute Gasteiger partial charge is 0.497 e. The van der Waals surface area contributed by atoms with Crippen molar-refractivity contribution < 1.29 is 19.0 Å². The highest BCUT2D eigenvalue weighted by atomic mass is 16.5. The zero-order chi connectivity index (χ0) is 19.6. The fourth-order valence-electron chi connectivity index (χ4n) is 2.44. The van der Waals surface area contributed by atoms with Gasteiger partial charge in [-0.15, -0.1) is 0 Å². The normalized spacial score (nSPS) is 10.5. The first-order chi connectivity index (χ1) is 13.0. The molecule has 0 amide bonds. The van der Waals surface area contributed by atoms with Gasteiger partial charge in [0, 0.05) is 6.07 Å².